The minimum atomic E-state index is -0.861. The maximum absolute atomic E-state index is 11.6. The van der Waals surface area contributed by atoms with Crippen molar-refractivity contribution in [2.75, 3.05) is 0 Å². The van der Waals surface area contributed by atoms with Gasteiger partial charge in [-0.15, -0.1) is 6.42 Å². The van der Waals surface area contributed by atoms with E-state index >= 15 is 0 Å². The second kappa shape index (κ2) is 6.58. The summed E-state index contributed by atoms with van der Waals surface area (Å²) in [6, 6.07) is 19.0. The molecule has 20 heavy (non-hydrogen) atoms. The first-order chi connectivity index (χ1) is 9.72. The predicted molar refractivity (Wildman–Crippen MR) is 79.3 cm³/mol. The number of hydrogen-bond donors (Lipinski definition) is 1. The van der Waals surface area contributed by atoms with Crippen molar-refractivity contribution in [2.45, 2.75) is 12.3 Å². The average Bonchev–Trinajstić information content (AvgIpc) is 2.49. The van der Waals surface area contributed by atoms with Crippen LogP contribution in [0.2, 0.25) is 0 Å². The summed E-state index contributed by atoms with van der Waals surface area (Å²) >= 11 is 0. The van der Waals surface area contributed by atoms with Crippen molar-refractivity contribution in [3.8, 4) is 12.3 Å². The molecule has 0 amide bonds. The van der Waals surface area contributed by atoms with Gasteiger partial charge in [-0.3, -0.25) is 4.79 Å². The molecule has 100 valence electrons. The van der Waals surface area contributed by atoms with Crippen LogP contribution in [0.3, 0.4) is 0 Å². The summed E-state index contributed by atoms with van der Waals surface area (Å²) in [5, 5.41) is 9.50. The fourth-order valence-corrected chi connectivity index (χ4v) is 2.32. The number of carboxylic acids is 1. The summed E-state index contributed by atoms with van der Waals surface area (Å²) in [7, 11) is 0. The van der Waals surface area contributed by atoms with Gasteiger partial charge in [0, 0.05) is 0 Å². The fraction of sp³-hybridized carbons (Fsp3) is 0.167. The van der Waals surface area contributed by atoms with E-state index in [1.165, 1.54) is 0 Å². The minimum absolute atomic E-state index is 0.422. The second-order valence-corrected chi connectivity index (χ2v) is 4.69. The van der Waals surface area contributed by atoms with Crippen LogP contribution in [0.1, 0.15) is 17.0 Å². The van der Waals surface area contributed by atoms with E-state index in [1.807, 2.05) is 60.7 Å². The highest BCUT2D eigenvalue weighted by molar-refractivity contribution is 5.72. The Bertz CT molecular complexity index is 596. The number of rotatable bonds is 5. The molecule has 0 saturated carbocycles. The Morgan fingerprint density at radius 3 is 2.10 bits per heavy atom. The fourth-order valence-electron chi connectivity index (χ4n) is 2.32. The maximum Gasteiger partial charge on any atom is 0.308 e. The monoisotopic (exact) mass is 264 g/mol. The summed E-state index contributed by atoms with van der Waals surface area (Å²) < 4.78 is 0. The van der Waals surface area contributed by atoms with Crippen molar-refractivity contribution in [3.05, 3.63) is 71.8 Å². The van der Waals surface area contributed by atoms with Crippen LogP contribution in [-0.4, -0.2) is 11.1 Å². The van der Waals surface area contributed by atoms with E-state index in [4.69, 9.17) is 6.42 Å². The van der Waals surface area contributed by atoms with Gasteiger partial charge in [-0.1, -0.05) is 66.6 Å². The van der Waals surface area contributed by atoms with Crippen LogP contribution in [-0.2, 0) is 11.2 Å². The van der Waals surface area contributed by atoms with Gasteiger partial charge in [0.1, 0.15) is 0 Å². The topological polar surface area (TPSA) is 37.3 Å². The molecule has 0 radical (unpaired) electrons. The van der Waals surface area contributed by atoms with Gasteiger partial charge < -0.3 is 5.11 Å². The molecular weight excluding hydrogens is 248 g/mol. The standard InChI is InChI=1S/C18H16O2/c1-2-16(15-11-7-4-8-12-15)17(18(19)20)13-14-9-5-3-6-10-14/h1,3-12,16-17H,13H2,(H,19,20). The summed E-state index contributed by atoms with van der Waals surface area (Å²) in [5.74, 6) is 0.736. The summed E-state index contributed by atoms with van der Waals surface area (Å²) in [4.78, 5) is 11.6. The maximum atomic E-state index is 11.6. The molecule has 0 aliphatic heterocycles. The molecule has 0 aliphatic rings. The molecule has 2 aromatic carbocycles. The molecule has 2 atom stereocenters. The highest BCUT2D eigenvalue weighted by atomic mass is 16.4. The van der Waals surface area contributed by atoms with Gasteiger partial charge in [-0.05, 0) is 17.5 Å². The molecular formula is C18H16O2. The van der Waals surface area contributed by atoms with Crippen molar-refractivity contribution < 1.29 is 9.90 Å². The summed E-state index contributed by atoms with van der Waals surface area (Å²) in [5.41, 5.74) is 1.86. The third-order valence-electron chi connectivity index (χ3n) is 3.36. The van der Waals surface area contributed by atoms with Crippen LogP contribution in [0.4, 0.5) is 0 Å². The number of hydrogen-bond acceptors (Lipinski definition) is 1. The van der Waals surface area contributed by atoms with Gasteiger partial charge in [0.25, 0.3) is 0 Å². The molecule has 0 spiro atoms. The van der Waals surface area contributed by atoms with Crippen LogP contribution in [0.25, 0.3) is 0 Å². The van der Waals surface area contributed by atoms with E-state index in [9.17, 15) is 9.90 Å². The number of terminal acetylenes is 1. The van der Waals surface area contributed by atoms with E-state index in [-0.39, 0.29) is 0 Å². The Morgan fingerprint density at radius 2 is 1.60 bits per heavy atom. The SMILES string of the molecule is C#CC(c1ccccc1)C(Cc1ccccc1)C(=O)O. The van der Waals surface area contributed by atoms with Gasteiger partial charge >= 0.3 is 5.97 Å². The molecule has 2 aromatic rings. The van der Waals surface area contributed by atoms with E-state index in [1.54, 1.807) is 0 Å². The molecule has 0 bridgehead atoms. The zero-order valence-corrected chi connectivity index (χ0v) is 11.1. The second-order valence-electron chi connectivity index (χ2n) is 4.69. The average molecular weight is 264 g/mol. The lowest BCUT2D eigenvalue weighted by atomic mass is 9.82. The molecule has 0 saturated heterocycles. The number of benzene rings is 2. The molecule has 2 nitrogen and oxygen atoms in total. The summed E-state index contributed by atoms with van der Waals surface area (Å²) in [6.45, 7) is 0. The highest BCUT2D eigenvalue weighted by Gasteiger charge is 2.28. The molecule has 0 fully saturated rings. The largest absolute Gasteiger partial charge is 0.481 e. The predicted octanol–water partition coefficient (Wildman–Crippen LogP) is 3.35. The van der Waals surface area contributed by atoms with Crippen LogP contribution in [0.15, 0.2) is 60.7 Å². The Balaban J connectivity index is 2.28. The molecule has 0 aliphatic carbocycles. The summed E-state index contributed by atoms with van der Waals surface area (Å²) in [6.07, 6.45) is 6.01. The van der Waals surface area contributed by atoms with Crippen molar-refractivity contribution in [1.29, 1.82) is 0 Å². The van der Waals surface area contributed by atoms with Gasteiger partial charge in [0.2, 0.25) is 0 Å². The molecule has 0 heterocycles. The van der Waals surface area contributed by atoms with Crippen LogP contribution < -0.4 is 0 Å². The Labute approximate surface area is 119 Å². The number of carboxylic acid groups (broad SMARTS) is 1. The first-order valence-corrected chi connectivity index (χ1v) is 6.50. The van der Waals surface area contributed by atoms with Crippen LogP contribution >= 0.6 is 0 Å². The van der Waals surface area contributed by atoms with Gasteiger partial charge in [0.05, 0.1) is 11.8 Å². The zero-order chi connectivity index (χ0) is 14.4. The van der Waals surface area contributed by atoms with Gasteiger partial charge in [-0.25, -0.2) is 0 Å². The minimum Gasteiger partial charge on any atom is -0.481 e. The first kappa shape index (κ1) is 13.9. The lowest BCUT2D eigenvalue weighted by Crippen LogP contribution is -2.23. The lowest BCUT2D eigenvalue weighted by Gasteiger charge is -2.20. The van der Waals surface area contributed by atoms with Crippen molar-refractivity contribution in [3.63, 3.8) is 0 Å². The molecule has 2 unspecified atom stereocenters. The normalized spacial score (nSPS) is 13.2. The quantitative estimate of drug-likeness (QED) is 0.841. The highest BCUT2D eigenvalue weighted by Crippen LogP contribution is 2.27. The zero-order valence-electron chi connectivity index (χ0n) is 11.1. The molecule has 0 aromatic heterocycles. The van der Waals surface area contributed by atoms with Gasteiger partial charge in [0.15, 0.2) is 0 Å². The van der Waals surface area contributed by atoms with Crippen molar-refractivity contribution in [1.82, 2.24) is 0 Å². The Morgan fingerprint density at radius 1 is 1.05 bits per heavy atom. The smallest absolute Gasteiger partial charge is 0.308 e. The third-order valence-corrected chi connectivity index (χ3v) is 3.36. The van der Waals surface area contributed by atoms with Crippen LogP contribution in [0, 0.1) is 18.3 Å². The number of aliphatic carboxylic acids is 1. The van der Waals surface area contributed by atoms with Crippen molar-refractivity contribution >= 4 is 5.97 Å². The Kier molecular flexibility index (Phi) is 4.57. The van der Waals surface area contributed by atoms with E-state index in [0.29, 0.717) is 6.42 Å². The molecule has 1 N–H and O–H groups in total. The van der Waals surface area contributed by atoms with E-state index in [0.717, 1.165) is 11.1 Å². The number of carbonyl (C=O) groups is 1. The third kappa shape index (κ3) is 3.27. The van der Waals surface area contributed by atoms with Gasteiger partial charge in [-0.2, -0.15) is 0 Å². The Hall–Kier alpha value is -2.53. The van der Waals surface area contributed by atoms with Crippen LogP contribution in [0.5, 0.6) is 0 Å². The molecule has 2 heteroatoms. The van der Waals surface area contributed by atoms with E-state index in [2.05, 4.69) is 5.92 Å². The molecule has 2 rings (SSSR count). The first-order valence-electron chi connectivity index (χ1n) is 6.50. The lowest BCUT2D eigenvalue weighted by molar-refractivity contribution is -0.142. The van der Waals surface area contributed by atoms with E-state index < -0.39 is 17.8 Å². The van der Waals surface area contributed by atoms with Crippen molar-refractivity contribution in [2.24, 2.45) is 5.92 Å².